The van der Waals surface area contributed by atoms with Crippen LogP contribution in [0.25, 0.3) is 16.8 Å². The van der Waals surface area contributed by atoms with Crippen molar-refractivity contribution in [2.75, 3.05) is 43.4 Å². The zero-order chi connectivity index (χ0) is 28.4. The molecule has 0 saturated carbocycles. The molecule has 0 spiro atoms. The van der Waals surface area contributed by atoms with Crippen molar-refractivity contribution in [3.63, 3.8) is 0 Å². The van der Waals surface area contributed by atoms with Gasteiger partial charge in [0.05, 0.1) is 23.1 Å². The van der Waals surface area contributed by atoms with E-state index in [1.807, 2.05) is 9.47 Å². The maximum absolute atomic E-state index is 13.9. The number of nitrogen functional groups attached to an aromatic ring is 1. The highest BCUT2D eigenvalue weighted by Gasteiger charge is 2.35. The van der Waals surface area contributed by atoms with E-state index in [9.17, 15) is 22.7 Å². The summed E-state index contributed by atoms with van der Waals surface area (Å²) in [7, 11) is 0. The van der Waals surface area contributed by atoms with Crippen LogP contribution in [0.15, 0.2) is 37.0 Å². The van der Waals surface area contributed by atoms with Crippen LogP contribution in [0.2, 0.25) is 0 Å². The molecule has 9 nitrogen and oxygen atoms in total. The van der Waals surface area contributed by atoms with Gasteiger partial charge in [0.1, 0.15) is 29.6 Å². The normalized spacial score (nSPS) is 17.2. The van der Waals surface area contributed by atoms with Crippen molar-refractivity contribution >= 4 is 23.4 Å². The number of nitrogens with one attached hydrogen (secondary N) is 1. The third-order valence-corrected chi connectivity index (χ3v) is 7.58. The van der Waals surface area contributed by atoms with Gasteiger partial charge >= 0.3 is 6.18 Å². The average Bonchev–Trinajstić information content (AvgIpc) is 3.33. The summed E-state index contributed by atoms with van der Waals surface area (Å²) in [6.45, 7) is 4.65. The molecule has 2 aliphatic rings. The number of anilines is 2. The third-order valence-electron chi connectivity index (χ3n) is 7.58. The number of piperidine rings is 1. The van der Waals surface area contributed by atoms with E-state index in [4.69, 9.17) is 16.1 Å². The van der Waals surface area contributed by atoms with Crippen LogP contribution >= 0.6 is 0 Å². The zero-order valence-corrected chi connectivity index (χ0v) is 21.7. The van der Waals surface area contributed by atoms with Crippen LogP contribution in [0.5, 0.6) is 0 Å². The van der Waals surface area contributed by atoms with Crippen molar-refractivity contribution in [1.82, 2.24) is 24.4 Å². The number of nitrogens with two attached hydrogens (primary N) is 1. The van der Waals surface area contributed by atoms with Crippen LogP contribution in [0, 0.1) is 11.2 Å². The Balaban J connectivity index is 1.41. The summed E-state index contributed by atoms with van der Waals surface area (Å²) in [5.41, 5.74) is 5.91. The highest BCUT2D eigenvalue weighted by Crippen LogP contribution is 2.37. The van der Waals surface area contributed by atoms with Gasteiger partial charge in [-0.2, -0.15) is 13.2 Å². The Morgan fingerprint density at radius 1 is 1.12 bits per heavy atom. The number of hydrogen-bond acceptors (Lipinski definition) is 8. The van der Waals surface area contributed by atoms with E-state index in [0.29, 0.717) is 49.6 Å². The molecule has 2 fully saturated rings. The molecule has 0 radical (unpaired) electrons. The minimum atomic E-state index is -4.80. The first-order chi connectivity index (χ1) is 19.2. The van der Waals surface area contributed by atoms with Gasteiger partial charge in [0, 0.05) is 55.6 Å². The molecule has 0 amide bonds. The fourth-order valence-corrected chi connectivity index (χ4v) is 5.26. The van der Waals surface area contributed by atoms with Crippen molar-refractivity contribution in [3.8, 4) is 11.3 Å². The first-order valence-electron chi connectivity index (χ1n) is 13.1. The fourth-order valence-electron chi connectivity index (χ4n) is 5.26. The van der Waals surface area contributed by atoms with Crippen LogP contribution in [0.3, 0.4) is 0 Å². The Labute approximate surface area is 228 Å². The number of hydrogen-bond donors (Lipinski definition) is 3. The molecule has 4 N–H and O–H groups in total. The second kappa shape index (κ2) is 11.2. The molecule has 2 aromatic heterocycles. The zero-order valence-electron chi connectivity index (χ0n) is 21.7. The summed E-state index contributed by atoms with van der Waals surface area (Å²) in [4.78, 5) is 17.5. The number of allylic oxidation sites excluding steroid dienone is 1. The topological polar surface area (TPSA) is 120 Å². The van der Waals surface area contributed by atoms with E-state index in [0.717, 1.165) is 56.5 Å². The lowest BCUT2D eigenvalue weighted by Crippen LogP contribution is -2.39. The molecule has 40 heavy (non-hydrogen) atoms. The van der Waals surface area contributed by atoms with Crippen molar-refractivity contribution in [2.45, 2.75) is 37.9 Å². The summed E-state index contributed by atoms with van der Waals surface area (Å²) in [5, 5.41) is 17.2. The molecule has 1 aromatic carbocycles. The third kappa shape index (κ3) is 5.51. The second-order valence-electron chi connectivity index (χ2n) is 10.0. The molecule has 5 rings (SSSR count). The second-order valence-corrected chi connectivity index (χ2v) is 10.0. The predicted octanol–water partition coefficient (Wildman–Crippen LogP) is 4.72. The van der Waals surface area contributed by atoms with Crippen LogP contribution in [-0.4, -0.2) is 68.5 Å². The monoisotopic (exact) mass is 558 g/mol. The summed E-state index contributed by atoms with van der Waals surface area (Å²) in [6, 6.07) is 2.99. The molecule has 0 atom stereocenters. The fraction of sp³-hybridized carbons (Fsp3) is 0.407. The summed E-state index contributed by atoms with van der Waals surface area (Å²) in [6.07, 6.45) is 2.61. The molecule has 4 heterocycles. The molecule has 3 aromatic rings. The SMILES string of the molecule is N=C/C(=C\O)c1c(N)ncnc1N1CCC(c2nc(-c3ccc(F)c(C(F)(F)F)c3)cn2CCN2CCC2)CC1. The van der Waals surface area contributed by atoms with Crippen molar-refractivity contribution < 1.29 is 22.7 Å². The van der Waals surface area contributed by atoms with Crippen molar-refractivity contribution in [2.24, 2.45) is 0 Å². The van der Waals surface area contributed by atoms with Gasteiger partial charge in [-0.05, 0) is 50.6 Å². The molecule has 212 valence electrons. The van der Waals surface area contributed by atoms with E-state index in [-0.39, 0.29) is 22.9 Å². The van der Waals surface area contributed by atoms with E-state index in [1.54, 1.807) is 6.20 Å². The number of imidazole rings is 1. The Morgan fingerprint density at radius 2 is 1.88 bits per heavy atom. The highest BCUT2D eigenvalue weighted by molar-refractivity contribution is 6.11. The lowest BCUT2D eigenvalue weighted by molar-refractivity contribution is -0.139. The van der Waals surface area contributed by atoms with Crippen LogP contribution < -0.4 is 10.6 Å². The number of aromatic nitrogens is 4. The minimum Gasteiger partial charge on any atom is -0.515 e. The summed E-state index contributed by atoms with van der Waals surface area (Å²) in [5.74, 6) is 0.170. The molecule has 2 aliphatic heterocycles. The van der Waals surface area contributed by atoms with Gasteiger partial charge < -0.3 is 30.6 Å². The van der Waals surface area contributed by atoms with E-state index in [2.05, 4.69) is 14.9 Å². The highest BCUT2D eigenvalue weighted by atomic mass is 19.4. The first-order valence-corrected chi connectivity index (χ1v) is 13.1. The molecule has 2 saturated heterocycles. The Morgan fingerprint density at radius 3 is 2.50 bits per heavy atom. The Bertz CT molecular complexity index is 1410. The average molecular weight is 559 g/mol. The number of halogens is 4. The number of nitrogens with zero attached hydrogens (tertiary/aromatic N) is 6. The van der Waals surface area contributed by atoms with Gasteiger partial charge in [-0.25, -0.2) is 19.3 Å². The summed E-state index contributed by atoms with van der Waals surface area (Å²) < 4.78 is 56.1. The quantitative estimate of drug-likeness (QED) is 0.208. The smallest absolute Gasteiger partial charge is 0.419 e. The molecule has 0 aliphatic carbocycles. The summed E-state index contributed by atoms with van der Waals surface area (Å²) >= 11 is 0. The standard InChI is InChI=1S/C27H30F4N8O/c28-21-3-2-18(12-20(21)27(29,30)31)22-14-39(11-10-37-6-1-7-37)25(36-22)17-4-8-38(9-5-17)26-23(19(13-32)15-40)24(33)34-16-35-26/h2-3,12-17,32,40H,1,4-11H2,(H2,33,34,35)/b19-15+,32-13?. The van der Waals surface area contributed by atoms with Gasteiger partial charge in [0.2, 0.25) is 0 Å². The molecular formula is C27H30F4N8O. The molecule has 13 heteroatoms. The number of benzene rings is 1. The lowest BCUT2D eigenvalue weighted by atomic mass is 9.95. The van der Waals surface area contributed by atoms with Crippen molar-refractivity contribution in [3.05, 3.63) is 59.8 Å². The lowest BCUT2D eigenvalue weighted by Gasteiger charge is -2.34. The number of aliphatic hydroxyl groups is 1. The Hall–Kier alpha value is -4.00. The van der Waals surface area contributed by atoms with E-state index >= 15 is 0 Å². The Kier molecular flexibility index (Phi) is 7.74. The first kappa shape index (κ1) is 27.6. The van der Waals surface area contributed by atoms with Gasteiger partial charge in [-0.15, -0.1) is 0 Å². The predicted molar refractivity (Wildman–Crippen MR) is 144 cm³/mol. The number of rotatable bonds is 8. The van der Waals surface area contributed by atoms with E-state index in [1.165, 1.54) is 12.4 Å². The largest absolute Gasteiger partial charge is 0.515 e. The van der Waals surface area contributed by atoms with Gasteiger partial charge in [-0.1, -0.05) is 0 Å². The maximum atomic E-state index is 13.9. The van der Waals surface area contributed by atoms with Gasteiger partial charge in [0.25, 0.3) is 0 Å². The molecular weight excluding hydrogens is 528 g/mol. The van der Waals surface area contributed by atoms with Gasteiger partial charge in [0.15, 0.2) is 0 Å². The minimum absolute atomic E-state index is 0.0298. The number of alkyl halides is 3. The number of aliphatic hydroxyl groups excluding tert-OH is 1. The molecule has 0 bridgehead atoms. The van der Waals surface area contributed by atoms with E-state index < -0.39 is 17.6 Å². The number of likely N-dealkylation sites (tertiary alicyclic amines) is 1. The van der Waals surface area contributed by atoms with Crippen LogP contribution in [0.1, 0.15) is 42.1 Å². The van der Waals surface area contributed by atoms with Crippen LogP contribution in [-0.2, 0) is 12.7 Å². The van der Waals surface area contributed by atoms with Crippen LogP contribution in [0.4, 0.5) is 29.2 Å². The van der Waals surface area contributed by atoms with Crippen molar-refractivity contribution in [1.29, 1.82) is 5.41 Å². The van der Waals surface area contributed by atoms with Gasteiger partial charge in [-0.3, -0.25) is 0 Å². The maximum Gasteiger partial charge on any atom is 0.419 e. The molecule has 0 unspecified atom stereocenters.